The molecule has 0 atom stereocenters. The van der Waals surface area contributed by atoms with Gasteiger partial charge in [-0.15, -0.1) is 0 Å². The Kier molecular flexibility index (Phi) is 6.98. The van der Waals surface area contributed by atoms with Gasteiger partial charge < -0.3 is 9.47 Å². The van der Waals surface area contributed by atoms with Crippen LogP contribution in [0.25, 0.3) is 0 Å². The van der Waals surface area contributed by atoms with Gasteiger partial charge in [0, 0.05) is 6.92 Å². The summed E-state index contributed by atoms with van der Waals surface area (Å²) in [5.41, 5.74) is 1.51. The predicted octanol–water partition coefficient (Wildman–Crippen LogP) is 3.39. The molecule has 0 aromatic heterocycles. The van der Waals surface area contributed by atoms with E-state index in [0.717, 1.165) is 5.56 Å². The molecule has 2 rings (SSSR count). The Bertz CT molecular complexity index is 956. The summed E-state index contributed by atoms with van der Waals surface area (Å²) in [6.45, 7) is 5.32. The fraction of sp³-hybridized carbons (Fsp3) is 0.222. The van der Waals surface area contributed by atoms with Gasteiger partial charge in [0.2, 0.25) is 0 Å². The first-order valence-electron chi connectivity index (χ1n) is 7.99. The van der Waals surface area contributed by atoms with Crippen LogP contribution in [-0.2, 0) is 14.8 Å². The molecule has 27 heavy (non-hydrogen) atoms. The number of rotatable bonds is 7. The van der Waals surface area contributed by atoms with E-state index in [1.807, 2.05) is 6.92 Å². The SMILES string of the molecule is CCOc1cc(/C=N\NS(=O)(=O)c2ccc(C)cc2)cc(Br)c1OC(C)=O. The second-order valence-electron chi connectivity index (χ2n) is 5.52. The maximum absolute atomic E-state index is 12.2. The standard InChI is InChI=1S/C18H19BrN2O5S/c1-4-25-17-10-14(9-16(19)18(17)26-13(3)22)11-20-21-27(23,24)15-7-5-12(2)6-8-15/h5-11,21H,4H2,1-3H3/b20-11-. The fourth-order valence-electron chi connectivity index (χ4n) is 2.11. The van der Waals surface area contributed by atoms with Crippen LogP contribution in [0.4, 0.5) is 0 Å². The first kappa shape index (κ1) is 20.9. The molecule has 2 aromatic rings. The van der Waals surface area contributed by atoms with Crippen LogP contribution < -0.4 is 14.3 Å². The zero-order valence-electron chi connectivity index (χ0n) is 15.0. The Morgan fingerprint density at radius 3 is 2.52 bits per heavy atom. The fourth-order valence-corrected chi connectivity index (χ4v) is 3.44. The highest BCUT2D eigenvalue weighted by atomic mass is 79.9. The van der Waals surface area contributed by atoms with Gasteiger partial charge in [-0.3, -0.25) is 4.79 Å². The van der Waals surface area contributed by atoms with Crippen LogP contribution in [-0.4, -0.2) is 27.2 Å². The van der Waals surface area contributed by atoms with Gasteiger partial charge in [0.1, 0.15) is 0 Å². The minimum Gasteiger partial charge on any atom is -0.490 e. The number of halogens is 1. The highest BCUT2D eigenvalue weighted by molar-refractivity contribution is 9.10. The third-order valence-electron chi connectivity index (χ3n) is 3.30. The summed E-state index contributed by atoms with van der Waals surface area (Å²) >= 11 is 3.31. The summed E-state index contributed by atoms with van der Waals surface area (Å²) in [5, 5.41) is 3.80. The minimum atomic E-state index is -3.76. The number of carbonyl (C=O) groups is 1. The zero-order valence-corrected chi connectivity index (χ0v) is 17.4. The van der Waals surface area contributed by atoms with Crippen LogP contribution in [0.15, 0.2) is 50.9 Å². The first-order valence-corrected chi connectivity index (χ1v) is 10.3. The molecule has 144 valence electrons. The van der Waals surface area contributed by atoms with E-state index in [4.69, 9.17) is 9.47 Å². The molecule has 0 radical (unpaired) electrons. The number of benzene rings is 2. The summed E-state index contributed by atoms with van der Waals surface area (Å²) < 4.78 is 35.6. The van der Waals surface area contributed by atoms with Gasteiger partial charge in [0.05, 0.1) is 22.2 Å². The molecule has 0 heterocycles. The summed E-state index contributed by atoms with van der Waals surface area (Å²) in [7, 11) is -3.76. The van der Waals surface area contributed by atoms with Crippen molar-refractivity contribution >= 4 is 38.1 Å². The number of sulfonamides is 1. The van der Waals surface area contributed by atoms with Crippen LogP contribution >= 0.6 is 15.9 Å². The number of carbonyl (C=O) groups excluding carboxylic acids is 1. The van der Waals surface area contributed by atoms with Gasteiger partial charge >= 0.3 is 5.97 Å². The van der Waals surface area contributed by atoms with E-state index < -0.39 is 16.0 Å². The van der Waals surface area contributed by atoms with Gasteiger partial charge in [0.15, 0.2) is 11.5 Å². The molecule has 0 amide bonds. The Balaban J connectivity index is 2.23. The Morgan fingerprint density at radius 1 is 1.26 bits per heavy atom. The van der Waals surface area contributed by atoms with E-state index >= 15 is 0 Å². The molecule has 0 aliphatic carbocycles. The number of ether oxygens (including phenoxy) is 2. The number of hydrazone groups is 1. The molecule has 0 bridgehead atoms. The second-order valence-corrected chi connectivity index (χ2v) is 8.04. The molecule has 9 heteroatoms. The van der Waals surface area contributed by atoms with Crippen LogP contribution in [0.1, 0.15) is 25.0 Å². The van der Waals surface area contributed by atoms with Crippen LogP contribution in [0.3, 0.4) is 0 Å². The van der Waals surface area contributed by atoms with Crippen LogP contribution in [0.2, 0.25) is 0 Å². The molecule has 1 N–H and O–H groups in total. The highest BCUT2D eigenvalue weighted by Gasteiger charge is 2.15. The number of nitrogens with one attached hydrogen (secondary N) is 1. The molecule has 2 aromatic carbocycles. The van der Waals surface area contributed by atoms with E-state index in [1.54, 1.807) is 31.2 Å². The Morgan fingerprint density at radius 2 is 1.93 bits per heavy atom. The molecule has 0 saturated carbocycles. The molecule has 0 fully saturated rings. The number of esters is 1. The van der Waals surface area contributed by atoms with Crippen molar-refractivity contribution in [2.45, 2.75) is 25.7 Å². The predicted molar refractivity (Wildman–Crippen MR) is 106 cm³/mol. The molecule has 0 unspecified atom stereocenters. The molecule has 0 aliphatic heterocycles. The van der Waals surface area contributed by atoms with Crippen molar-refractivity contribution in [2.24, 2.45) is 5.10 Å². The van der Waals surface area contributed by atoms with Crippen molar-refractivity contribution in [3.63, 3.8) is 0 Å². The normalized spacial score (nSPS) is 11.4. The third-order valence-corrected chi connectivity index (χ3v) is 5.12. The molecule has 0 spiro atoms. The Hall–Kier alpha value is -2.39. The second kappa shape index (κ2) is 9.01. The number of aryl methyl sites for hydroxylation is 1. The highest BCUT2D eigenvalue weighted by Crippen LogP contribution is 2.36. The third kappa shape index (κ3) is 5.80. The molecular formula is C18H19BrN2O5S. The maximum atomic E-state index is 12.2. The summed E-state index contributed by atoms with van der Waals surface area (Å²) in [6.07, 6.45) is 1.33. The number of hydrogen-bond acceptors (Lipinski definition) is 6. The van der Waals surface area contributed by atoms with Gasteiger partial charge in [-0.05, 0) is 59.6 Å². The quantitative estimate of drug-likeness (QED) is 0.299. The monoisotopic (exact) mass is 454 g/mol. The van der Waals surface area contributed by atoms with Crippen molar-refractivity contribution in [3.05, 3.63) is 52.0 Å². The lowest BCUT2D eigenvalue weighted by Gasteiger charge is -2.12. The molecule has 0 saturated heterocycles. The summed E-state index contributed by atoms with van der Waals surface area (Å²) in [4.78, 5) is 13.5. The molecule has 0 aliphatic rings. The average Bonchev–Trinajstić information content (AvgIpc) is 2.58. The van der Waals surface area contributed by atoms with Gasteiger partial charge in [-0.1, -0.05) is 17.7 Å². The topological polar surface area (TPSA) is 94.1 Å². The van der Waals surface area contributed by atoms with E-state index in [9.17, 15) is 13.2 Å². The van der Waals surface area contributed by atoms with Gasteiger partial charge in [-0.2, -0.15) is 13.5 Å². The average molecular weight is 455 g/mol. The summed E-state index contributed by atoms with van der Waals surface area (Å²) in [6, 6.07) is 9.64. The molecule has 7 nitrogen and oxygen atoms in total. The lowest BCUT2D eigenvalue weighted by molar-refractivity contribution is -0.132. The number of hydrogen-bond donors (Lipinski definition) is 1. The van der Waals surface area contributed by atoms with Crippen molar-refractivity contribution in [1.29, 1.82) is 0 Å². The van der Waals surface area contributed by atoms with E-state index in [2.05, 4.69) is 25.9 Å². The van der Waals surface area contributed by atoms with Crippen LogP contribution in [0, 0.1) is 6.92 Å². The van der Waals surface area contributed by atoms with E-state index in [1.165, 1.54) is 25.3 Å². The smallest absolute Gasteiger partial charge is 0.308 e. The maximum Gasteiger partial charge on any atom is 0.308 e. The lowest BCUT2D eigenvalue weighted by atomic mass is 10.2. The van der Waals surface area contributed by atoms with Crippen LogP contribution in [0.5, 0.6) is 11.5 Å². The number of nitrogens with zero attached hydrogens (tertiary/aromatic N) is 1. The Labute approximate surface area is 166 Å². The minimum absolute atomic E-state index is 0.117. The lowest BCUT2D eigenvalue weighted by Crippen LogP contribution is -2.18. The van der Waals surface area contributed by atoms with Crippen molar-refractivity contribution in [3.8, 4) is 11.5 Å². The summed E-state index contributed by atoms with van der Waals surface area (Å²) in [5.74, 6) is 0.107. The van der Waals surface area contributed by atoms with Gasteiger partial charge in [-0.25, -0.2) is 4.83 Å². The zero-order chi connectivity index (χ0) is 20.0. The van der Waals surface area contributed by atoms with E-state index in [0.29, 0.717) is 22.4 Å². The largest absolute Gasteiger partial charge is 0.490 e. The van der Waals surface area contributed by atoms with Gasteiger partial charge in [0.25, 0.3) is 10.0 Å². The van der Waals surface area contributed by atoms with Crippen molar-refractivity contribution in [2.75, 3.05) is 6.61 Å². The first-order chi connectivity index (χ1) is 12.7. The molecular weight excluding hydrogens is 436 g/mol. The van der Waals surface area contributed by atoms with E-state index in [-0.39, 0.29) is 10.6 Å². The van der Waals surface area contributed by atoms with Crippen molar-refractivity contribution < 1.29 is 22.7 Å². The van der Waals surface area contributed by atoms with Crippen molar-refractivity contribution in [1.82, 2.24) is 4.83 Å².